The monoisotopic (exact) mass is 332 g/mol. The fraction of sp³-hybridized carbons (Fsp3) is 0.174. The van der Waals surface area contributed by atoms with Crippen LogP contribution in [-0.2, 0) is 17.6 Å². The molecule has 0 aliphatic rings. The van der Waals surface area contributed by atoms with Crippen molar-refractivity contribution < 1.29 is 9.18 Å². The van der Waals surface area contributed by atoms with Gasteiger partial charge in [-0.25, -0.2) is 4.39 Å². The van der Waals surface area contributed by atoms with Gasteiger partial charge in [-0.3, -0.25) is 0 Å². The highest BCUT2D eigenvalue weighted by Crippen LogP contribution is 2.27. The van der Waals surface area contributed by atoms with Crippen LogP contribution in [0.4, 0.5) is 4.39 Å². The van der Waals surface area contributed by atoms with Gasteiger partial charge >= 0.3 is 0 Å². The van der Waals surface area contributed by atoms with E-state index in [0.29, 0.717) is 18.4 Å². The molecule has 1 nitrogen and oxygen atoms in total. The van der Waals surface area contributed by atoms with Crippen LogP contribution in [0, 0.1) is 5.82 Å². The lowest BCUT2D eigenvalue weighted by molar-refractivity contribution is -0.107. The Morgan fingerprint density at radius 2 is 1.36 bits per heavy atom. The van der Waals surface area contributed by atoms with Crippen LogP contribution in [0.3, 0.4) is 0 Å². The first kappa shape index (κ1) is 17.1. The van der Waals surface area contributed by atoms with E-state index in [4.69, 9.17) is 0 Å². The molecule has 3 rings (SSSR count). The Bertz CT molecular complexity index is 848. The van der Waals surface area contributed by atoms with Gasteiger partial charge in [-0.15, -0.1) is 0 Å². The summed E-state index contributed by atoms with van der Waals surface area (Å²) in [6, 6.07) is 21.7. The summed E-state index contributed by atoms with van der Waals surface area (Å²) < 4.78 is 14.4. The Kier molecular flexibility index (Phi) is 5.39. The minimum Gasteiger partial charge on any atom is -0.303 e. The molecule has 0 fully saturated rings. The van der Waals surface area contributed by atoms with E-state index in [1.807, 2.05) is 30.3 Å². The summed E-state index contributed by atoms with van der Waals surface area (Å²) in [5.41, 5.74) is 5.89. The van der Waals surface area contributed by atoms with Gasteiger partial charge in [-0.2, -0.15) is 0 Å². The predicted octanol–water partition coefficient (Wildman–Crippen LogP) is 5.85. The van der Waals surface area contributed by atoms with Crippen LogP contribution >= 0.6 is 0 Å². The van der Waals surface area contributed by atoms with E-state index < -0.39 is 0 Å². The number of aldehydes is 1. The van der Waals surface area contributed by atoms with Gasteiger partial charge in [0.15, 0.2) is 0 Å². The van der Waals surface area contributed by atoms with Gasteiger partial charge in [0.25, 0.3) is 0 Å². The molecular weight excluding hydrogens is 311 g/mol. The van der Waals surface area contributed by atoms with Gasteiger partial charge in [0.2, 0.25) is 0 Å². The Morgan fingerprint density at radius 3 is 1.92 bits per heavy atom. The summed E-state index contributed by atoms with van der Waals surface area (Å²) in [7, 11) is 0. The molecule has 25 heavy (non-hydrogen) atoms. The van der Waals surface area contributed by atoms with Crippen molar-refractivity contribution in [1.29, 1.82) is 0 Å². The third-order valence-corrected chi connectivity index (χ3v) is 4.48. The summed E-state index contributed by atoms with van der Waals surface area (Å²) in [4.78, 5) is 10.4. The van der Waals surface area contributed by atoms with Crippen LogP contribution in [0.1, 0.15) is 24.5 Å². The SMILES string of the molecule is CCc1ccc(-c2ccc(-c3ccc(CCC=O)cc3F)cc2)cc1. The summed E-state index contributed by atoms with van der Waals surface area (Å²) in [6.07, 6.45) is 2.89. The van der Waals surface area contributed by atoms with E-state index >= 15 is 0 Å². The first-order valence-corrected chi connectivity index (χ1v) is 8.63. The zero-order valence-corrected chi connectivity index (χ0v) is 14.3. The lowest BCUT2D eigenvalue weighted by Crippen LogP contribution is -1.91. The van der Waals surface area contributed by atoms with Gasteiger partial charge in [0, 0.05) is 12.0 Å². The normalized spacial score (nSPS) is 10.6. The van der Waals surface area contributed by atoms with E-state index in [1.54, 1.807) is 6.07 Å². The summed E-state index contributed by atoms with van der Waals surface area (Å²) in [5.74, 6) is -0.247. The Labute approximate surface area is 148 Å². The van der Waals surface area contributed by atoms with Crippen molar-refractivity contribution in [2.24, 2.45) is 0 Å². The maximum Gasteiger partial charge on any atom is 0.131 e. The summed E-state index contributed by atoms with van der Waals surface area (Å²) >= 11 is 0. The van der Waals surface area contributed by atoms with Crippen molar-refractivity contribution in [3.05, 3.63) is 83.7 Å². The second-order valence-electron chi connectivity index (χ2n) is 6.15. The number of hydrogen-bond donors (Lipinski definition) is 0. The lowest BCUT2D eigenvalue weighted by atomic mass is 9.98. The first-order valence-electron chi connectivity index (χ1n) is 8.63. The molecule has 0 amide bonds. The quantitative estimate of drug-likeness (QED) is 0.517. The average molecular weight is 332 g/mol. The van der Waals surface area contributed by atoms with Gasteiger partial charge in [0.05, 0.1) is 0 Å². The summed E-state index contributed by atoms with van der Waals surface area (Å²) in [6.45, 7) is 2.14. The third kappa shape index (κ3) is 4.03. The molecule has 0 saturated heterocycles. The Morgan fingerprint density at radius 1 is 0.800 bits per heavy atom. The largest absolute Gasteiger partial charge is 0.303 e. The number of aryl methyl sites for hydroxylation is 2. The van der Waals surface area contributed by atoms with Crippen LogP contribution in [0.25, 0.3) is 22.3 Å². The van der Waals surface area contributed by atoms with Crippen LogP contribution in [0.15, 0.2) is 66.7 Å². The molecule has 126 valence electrons. The number of carbonyl (C=O) groups excluding carboxylic acids is 1. The van der Waals surface area contributed by atoms with Crippen LogP contribution < -0.4 is 0 Å². The number of rotatable bonds is 6. The second kappa shape index (κ2) is 7.89. The van der Waals surface area contributed by atoms with E-state index in [9.17, 15) is 9.18 Å². The van der Waals surface area contributed by atoms with E-state index in [0.717, 1.165) is 35.0 Å². The molecule has 0 N–H and O–H groups in total. The highest BCUT2D eigenvalue weighted by atomic mass is 19.1. The van der Waals surface area contributed by atoms with Crippen molar-refractivity contribution in [1.82, 2.24) is 0 Å². The van der Waals surface area contributed by atoms with E-state index in [2.05, 4.69) is 31.2 Å². The van der Waals surface area contributed by atoms with Crippen LogP contribution in [0.5, 0.6) is 0 Å². The van der Waals surface area contributed by atoms with E-state index in [-0.39, 0.29) is 5.82 Å². The van der Waals surface area contributed by atoms with E-state index in [1.165, 1.54) is 11.6 Å². The molecule has 0 spiro atoms. The molecule has 0 heterocycles. The van der Waals surface area contributed by atoms with Crippen molar-refractivity contribution in [3.8, 4) is 22.3 Å². The van der Waals surface area contributed by atoms with Crippen molar-refractivity contribution >= 4 is 6.29 Å². The van der Waals surface area contributed by atoms with Crippen molar-refractivity contribution in [2.45, 2.75) is 26.2 Å². The standard InChI is InChI=1S/C23H21FO/c1-2-17-5-8-19(9-6-17)20-10-12-21(13-11-20)22-14-7-18(4-3-15-25)16-23(22)24/h5-16H,2-4H2,1H3. The smallest absolute Gasteiger partial charge is 0.131 e. The summed E-state index contributed by atoms with van der Waals surface area (Å²) in [5, 5.41) is 0. The predicted molar refractivity (Wildman–Crippen MR) is 101 cm³/mol. The topological polar surface area (TPSA) is 17.1 Å². The van der Waals surface area contributed by atoms with Gasteiger partial charge in [-0.1, -0.05) is 67.6 Å². The zero-order valence-electron chi connectivity index (χ0n) is 14.3. The molecular formula is C23H21FO. The molecule has 0 aliphatic carbocycles. The van der Waals surface area contributed by atoms with Gasteiger partial charge in [-0.05, 0) is 46.7 Å². The minimum atomic E-state index is -0.247. The Hall–Kier alpha value is -2.74. The second-order valence-corrected chi connectivity index (χ2v) is 6.15. The molecule has 0 aliphatic heterocycles. The molecule has 2 heteroatoms. The molecule has 0 radical (unpaired) electrons. The number of hydrogen-bond acceptors (Lipinski definition) is 1. The lowest BCUT2D eigenvalue weighted by Gasteiger charge is -2.08. The molecule has 0 saturated carbocycles. The molecule has 0 bridgehead atoms. The van der Waals surface area contributed by atoms with Crippen LogP contribution in [0.2, 0.25) is 0 Å². The number of halogens is 1. The van der Waals surface area contributed by atoms with Gasteiger partial charge in [0.1, 0.15) is 12.1 Å². The zero-order chi connectivity index (χ0) is 17.6. The maximum absolute atomic E-state index is 14.4. The van der Waals surface area contributed by atoms with Crippen molar-refractivity contribution in [3.63, 3.8) is 0 Å². The third-order valence-electron chi connectivity index (χ3n) is 4.48. The molecule has 3 aromatic rings. The molecule has 3 aromatic carbocycles. The molecule has 0 atom stereocenters. The number of benzene rings is 3. The first-order chi connectivity index (χ1) is 12.2. The van der Waals surface area contributed by atoms with Gasteiger partial charge < -0.3 is 4.79 Å². The Balaban J connectivity index is 1.83. The average Bonchev–Trinajstić information content (AvgIpc) is 2.67. The van der Waals surface area contributed by atoms with Crippen molar-refractivity contribution in [2.75, 3.05) is 0 Å². The minimum absolute atomic E-state index is 0.247. The maximum atomic E-state index is 14.4. The molecule has 0 aromatic heterocycles. The number of carbonyl (C=O) groups is 1. The van der Waals surface area contributed by atoms with Crippen LogP contribution in [-0.4, -0.2) is 6.29 Å². The highest BCUT2D eigenvalue weighted by molar-refractivity contribution is 5.71. The fourth-order valence-corrected chi connectivity index (χ4v) is 2.95. The fourth-order valence-electron chi connectivity index (χ4n) is 2.95. The molecule has 0 unspecified atom stereocenters. The highest BCUT2D eigenvalue weighted by Gasteiger charge is 2.07.